The Hall–Kier alpha value is -3.73. The Balaban J connectivity index is 1.69. The van der Waals surface area contributed by atoms with E-state index in [0.29, 0.717) is 13.2 Å². The second-order valence-corrected chi connectivity index (χ2v) is 8.09. The van der Waals surface area contributed by atoms with Gasteiger partial charge in [0, 0.05) is 18.2 Å². The van der Waals surface area contributed by atoms with E-state index in [1.165, 1.54) is 0 Å². The fourth-order valence-corrected chi connectivity index (χ4v) is 4.11. The third-order valence-electron chi connectivity index (χ3n) is 5.66. The van der Waals surface area contributed by atoms with Crippen molar-refractivity contribution in [3.05, 3.63) is 101 Å². The highest BCUT2D eigenvalue weighted by molar-refractivity contribution is 5.96. The standard InChI is InChI=1S/C28H29N3O2/c1-5-25-30-27-19(3)16-20(4)29-28(27)31(25)18-21-12-14-23(15-13-21)24(17-26(32)33-6-2)22-10-8-7-9-11-22/h7-17H,5-6,18H2,1-4H3. The van der Waals surface area contributed by atoms with E-state index in [4.69, 9.17) is 14.7 Å². The van der Waals surface area contributed by atoms with Crippen molar-refractivity contribution in [2.45, 2.75) is 40.7 Å². The van der Waals surface area contributed by atoms with E-state index in [1.54, 1.807) is 6.08 Å². The van der Waals surface area contributed by atoms with Crippen LogP contribution in [0.15, 0.2) is 66.7 Å². The first-order valence-electron chi connectivity index (χ1n) is 11.4. The minimum atomic E-state index is -0.338. The number of pyridine rings is 1. The van der Waals surface area contributed by atoms with Crippen LogP contribution in [-0.2, 0) is 22.5 Å². The number of esters is 1. The zero-order chi connectivity index (χ0) is 23.4. The van der Waals surface area contributed by atoms with Crippen LogP contribution in [0.3, 0.4) is 0 Å². The Kier molecular flexibility index (Phi) is 6.68. The molecule has 0 aliphatic heterocycles. The summed E-state index contributed by atoms with van der Waals surface area (Å²) in [4.78, 5) is 21.8. The van der Waals surface area contributed by atoms with E-state index in [-0.39, 0.29) is 5.97 Å². The number of benzene rings is 2. The number of carbonyl (C=O) groups is 1. The van der Waals surface area contributed by atoms with Gasteiger partial charge in [-0.25, -0.2) is 14.8 Å². The Labute approximate surface area is 194 Å². The van der Waals surface area contributed by atoms with Crippen LogP contribution in [0.4, 0.5) is 0 Å². The number of hydrogen-bond acceptors (Lipinski definition) is 4. The van der Waals surface area contributed by atoms with Gasteiger partial charge in [-0.1, -0.05) is 61.5 Å². The van der Waals surface area contributed by atoms with Crippen molar-refractivity contribution >= 4 is 22.7 Å². The first kappa shape index (κ1) is 22.5. The van der Waals surface area contributed by atoms with Crippen LogP contribution in [0.5, 0.6) is 0 Å². The van der Waals surface area contributed by atoms with Crippen molar-refractivity contribution in [1.29, 1.82) is 0 Å². The number of nitrogens with zero attached hydrogens (tertiary/aromatic N) is 3. The summed E-state index contributed by atoms with van der Waals surface area (Å²) in [7, 11) is 0. The van der Waals surface area contributed by atoms with Crippen LogP contribution in [0.2, 0.25) is 0 Å². The summed E-state index contributed by atoms with van der Waals surface area (Å²) >= 11 is 0. The zero-order valence-corrected chi connectivity index (χ0v) is 19.6. The van der Waals surface area contributed by atoms with Crippen LogP contribution in [0.1, 0.15) is 47.6 Å². The molecule has 4 rings (SSSR count). The first-order chi connectivity index (χ1) is 16.0. The summed E-state index contributed by atoms with van der Waals surface area (Å²) in [5.41, 5.74) is 7.98. The summed E-state index contributed by atoms with van der Waals surface area (Å²) < 4.78 is 7.37. The summed E-state index contributed by atoms with van der Waals surface area (Å²) in [5, 5.41) is 0. The van der Waals surface area contributed by atoms with Crippen molar-refractivity contribution in [2.24, 2.45) is 0 Å². The normalized spacial score (nSPS) is 11.7. The highest BCUT2D eigenvalue weighted by Gasteiger charge is 2.14. The molecule has 2 aromatic heterocycles. The number of fused-ring (bicyclic) bond motifs is 1. The lowest BCUT2D eigenvalue weighted by Crippen LogP contribution is -2.06. The molecule has 0 aliphatic rings. The van der Waals surface area contributed by atoms with Gasteiger partial charge in [-0.05, 0) is 54.7 Å². The van der Waals surface area contributed by atoms with Gasteiger partial charge in [0.15, 0.2) is 5.65 Å². The van der Waals surface area contributed by atoms with Crippen LogP contribution in [-0.4, -0.2) is 27.1 Å². The Morgan fingerprint density at radius 2 is 1.67 bits per heavy atom. The van der Waals surface area contributed by atoms with Gasteiger partial charge in [0.25, 0.3) is 0 Å². The average Bonchev–Trinajstić information content (AvgIpc) is 3.16. The molecule has 2 aromatic carbocycles. The van der Waals surface area contributed by atoms with Gasteiger partial charge in [-0.3, -0.25) is 0 Å². The number of hydrogen-bond donors (Lipinski definition) is 0. The molecule has 0 unspecified atom stereocenters. The molecular formula is C28H29N3O2. The lowest BCUT2D eigenvalue weighted by atomic mass is 9.96. The van der Waals surface area contributed by atoms with Crippen molar-refractivity contribution in [3.8, 4) is 0 Å². The molecule has 0 bridgehead atoms. The monoisotopic (exact) mass is 439 g/mol. The molecule has 5 nitrogen and oxygen atoms in total. The molecule has 0 radical (unpaired) electrons. The molecule has 0 aliphatic carbocycles. The molecule has 33 heavy (non-hydrogen) atoms. The van der Waals surface area contributed by atoms with Crippen molar-refractivity contribution in [2.75, 3.05) is 6.61 Å². The quantitative estimate of drug-likeness (QED) is 0.276. The molecule has 0 fully saturated rings. The summed E-state index contributed by atoms with van der Waals surface area (Å²) in [6, 6.07) is 20.3. The molecule has 0 spiro atoms. The smallest absolute Gasteiger partial charge is 0.331 e. The van der Waals surface area contributed by atoms with Crippen LogP contribution >= 0.6 is 0 Å². The number of aryl methyl sites for hydroxylation is 3. The Morgan fingerprint density at radius 3 is 2.33 bits per heavy atom. The van der Waals surface area contributed by atoms with E-state index in [9.17, 15) is 4.79 Å². The number of aromatic nitrogens is 3. The molecule has 168 valence electrons. The fraction of sp³-hybridized carbons (Fsp3) is 0.250. The minimum absolute atomic E-state index is 0.338. The maximum absolute atomic E-state index is 12.2. The highest BCUT2D eigenvalue weighted by Crippen LogP contribution is 2.25. The SMILES string of the molecule is CCOC(=O)C=C(c1ccccc1)c1ccc(Cn2c(CC)nc3c(C)cc(C)nc32)cc1. The maximum Gasteiger partial charge on any atom is 0.331 e. The lowest BCUT2D eigenvalue weighted by Gasteiger charge is -2.12. The fourth-order valence-electron chi connectivity index (χ4n) is 4.11. The van der Waals surface area contributed by atoms with Crippen LogP contribution in [0, 0.1) is 13.8 Å². The molecule has 0 amide bonds. The molecule has 0 atom stereocenters. The van der Waals surface area contributed by atoms with E-state index in [0.717, 1.165) is 56.9 Å². The molecule has 0 saturated heterocycles. The Bertz CT molecular complexity index is 1300. The molecule has 2 heterocycles. The molecule has 0 N–H and O–H groups in total. The van der Waals surface area contributed by atoms with E-state index < -0.39 is 0 Å². The second kappa shape index (κ2) is 9.82. The summed E-state index contributed by atoms with van der Waals surface area (Å²) in [6.07, 6.45) is 2.41. The van der Waals surface area contributed by atoms with Crippen LogP contribution in [0.25, 0.3) is 16.7 Å². The molecule has 5 heteroatoms. The van der Waals surface area contributed by atoms with E-state index in [1.807, 2.05) is 44.2 Å². The topological polar surface area (TPSA) is 57.0 Å². The molecule has 0 saturated carbocycles. The van der Waals surface area contributed by atoms with Crippen molar-refractivity contribution < 1.29 is 9.53 Å². The second-order valence-electron chi connectivity index (χ2n) is 8.09. The lowest BCUT2D eigenvalue weighted by molar-refractivity contribution is -0.137. The third kappa shape index (κ3) is 4.87. The predicted octanol–water partition coefficient (Wildman–Crippen LogP) is 5.65. The average molecular weight is 440 g/mol. The van der Waals surface area contributed by atoms with Gasteiger partial charge in [0.05, 0.1) is 13.2 Å². The molecule has 4 aromatic rings. The number of rotatable bonds is 7. The van der Waals surface area contributed by atoms with Gasteiger partial charge in [0.2, 0.25) is 0 Å². The largest absolute Gasteiger partial charge is 0.463 e. The Morgan fingerprint density at radius 1 is 0.970 bits per heavy atom. The van der Waals surface area contributed by atoms with Crippen LogP contribution < -0.4 is 0 Å². The van der Waals surface area contributed by atoms with Gasteiger partial charge < -0.3 is 9.30 Å². The summed E-state index contributed by atoms with van der Waals surface area (Å²) in [6.45, 7) is 9.08. The van der Waals surface area contributed by atoms with Gasteiger partial charge in [-0.15, -0.1) is 0 Å². The number of carbonyl (C=O) groups excluding carboxylic acids is 1. The molecular weight excluding hydrogens is 410 g/mol. The van der Waals surface area contributed by atoms with Gasteiger partial charge in [0.1, 0.15) is 11.3 Å². The van der Waals surface area contributed by atoms with Gasteiger partial charge in [-0.2, -0.15) is 0 Å². The zero-order valence-electron chi connectivity index (χ0n) is 19.6. The predicted molar refractivity (Wildman–Crippen MR) is 132 cm³/mol. The summed E-state index contributed by atoms with van der Waals surface area (Å²) in [5.74, 6) is 0.692. The van der Waals surface area contributed by atoms with E-state index in [2.05, 4.69) is 48.7 Å². The van der Waals surface area contributed by atoms with E-state index >= 15 is 0 Å². The number of ether oxygens (including phenoxy) is 1. The minimum Gasteiger partial charge on any atom is -0.463 e. The third-order valence-corrected chi connectivity index (χ3v) is 5.66. The first-order valence-corrected chi connectivity index (χ1v) is 11.4. The van der Waals surface area contributed by atoms with Crippen molar-refractivity contribution in [1.82, 2.24) is 14.5 Å². The van der Waals surface area contributed by atoms with Crippen molar-refractivity contribution in [3.63, 3.8) is 0 Å². The highest BCUT2D eigenvalue weighted by atomic mass is 16.5. The van der Waals surface area contributed by atoms with Gasteiger partial charge >= 0.3 is 5.97 Å². The number of imidazole rings is 1. The maximum atomic E-state index is 12.2.